The lowest BCUT2D eigenvalue weighted by Crippen LogP contribution is -2.52. The van der Waals surface area contributed by atoms with Gasteiger partial charge in [0.15, 0.2) is 0 Å². The van der Waals surface area contributed by atoms with Crippen LogP contribution < -0.4 is 0 Å². The lowest BCUT2D eigenvalue weighted by molar-refractivity contribution is -0.0556. The maximum absolute atomic E-state index is 14.8. The van der Waals surface area contributed by atoms with Crippen molar-refractivity contribution < 1.29 is 18.7 Å². The van der Waals surface area contributed by atoms with Gasteiger partial charge in [-0.05, 0) is 37.1 Å². The van der Waals surface area contributed by atoms with Crippen LogP contribution in [-0.4, -0.2) is 36.7 Å². The highest BCUT2D eigenvalue weighted by molar-refractivity contribution is 7.17. The van der Waals surface area contributed by atoms with Crippen molar-refractivity contribution in [3.05, 3.63) is 94.4 Å². The van der Waals surface area contributed by atoms with Gasteiger partial charge in [-0.3, -0.25) is 4.79 Å². The van der Waals surface area contributed by atoms with Crippen LogP contribution in [0.1, 0.15) is 33.3 Å². The van der Waals surface area contributed by atoms with Crippen LogP contribution in [0, 0.1) is 18.6 Å². The first kappa shape index (κ1) is 22.4. The maximum Gasteiger partial charge on any atom is 0.264 e. The summed E-state index contributed by atoms with van der Waals surface area (Å²) in [6, 6.07) is 12.3. The molecule has 2 aromatic carbocycles. The molecular weight excluding hydrogens is 458 g/mol. The van der Waals surface area contributed by atoms with E-state index in [4.69, 9.17) is 0 Å². The lowest BCUT2D eigenvalue weighted by Gasteiger charge is -2.39. The minimum absolute atomic E-state index is 0.111. The van der Waals surface area contributed by atoms with Gasteiger partial charge in [-0.15, -0.1) is 11.3 Å². The molecular formula is C25H22F2N4O2S. The van der Waals surface area contributed by atoms with Gasteiger partial charge in [0.05, 0.1) is 17.5 Å². The summed E-state index contributed by atoms with van der Waals surface area (Å²) in [7, 11) is 0. The van der Waals surface area contributed by atoms with Crippen LogP contribution in [0.25, 0.3) is 10.4 Å². The number of rotatable bonds is 6. The van der Waals surface area contributed by atoms with Crippen LogP contribution in [0.2, 0.25) is 0 Å². The summed E-state index contributed by atoms with van der Waals surface area (Å²) in [6.07, 6.45) is 2.70. The SMILES string of the molecule is Cc1ccc(-c2cc3c(s2)C(=O)N([C@H](C)[C@](O)(Cn2cncn2)c2ccc(F)cc2F)C3)cc1. The number of hydrogen-bond donors (Lipinski definition) is 1. The Morgan fingerprint density at radius 2 is 1.94 bits per heavy atom. The molecule has 3 heterocycles. The van der Waals surface area contributed by atoms with Gasteiger partial charge in [0.25, 0.3) is 5.91 Å². The Hall–Kier alpha value is -3.43. The molecule has 2 atom stereocenters. The van der Waals surface area contributed by atoms with E-state index in [0.717, 1.165) is 33.7 Å². The van der Waals surface area contributed by atoms with Gasteiger partial charge in [-0.1, -0.05) is 35.9 Å². The zero-order valence-electron chi connectivity index (χ0n) is 18.6. The third-order valence-electron chi connectivity index (χ3n) is 6.37. The predicted molar refractivity (Wildman–Crippen MR) is 124 cm³/mol. The normalized spacial score (nSPS) is 15.9. The van der Waals surface area contributed by atoms with E-state index in [1.807, 2.05) is 37.3 Å². The van der Waals surface area contributed by atoms with Crippen molar-refractivity contribution in [1.29, 1.82) is 0 Å². The Kier molecular flexibility index (Phi) is 5.53. The second-order valence-corrected chi connectivity index (χ2v) is 9.63. The molecule has 0 aliphatic carbocycles. The van der Waals surface area contributed by atoms with Crippen molar-refractivity contribution in [3.63, 3.8) is 0 Å². The van der Waals surface area contributed by atoms with Gasteiger partial charge in [0.2, 0.25) is 0 Å². The first-order valence-electron chi connectivity index (χ1n) is 10.8. The molecule has 9 heteroatoms. The smallest absolute Gasteiger partial charge is 0.264 e. The van der Waals surface area contributed by atoms with Crippen LogP contribution in [-0.2, 0) is 18.7 Å². The molecule has 0 fully saturated rings. The molecule has 0 bridgehead atoms. The zero-order chi connectivity index (χ0) is 24.0. The molecule has 0 unspecified atom stereocenters. The second kappa shape index (κ2) is 8.41. The molecule has 1 aliphatic rings. The second-order valence-electron chi connectivity index (χ2n) is 8.58. The highest BCUT2D eigenvalue weighted by Gasteiger charge is 2.46. The topological polar surface area (TPSA) is 71.2 Å². The van der Waals surface area contributed by atoms with E-state index in [-0.39, 0.29) is 24.6 Å². The molecule has 0 radical (unpaired) electrons. The molecule has 1 N–H and O–H groups in total. The van der Waals surface area contributed by atoms with Crippen molar-refractivity contribution in [2.24, 2.45) is 0 Å². The van der Waals surface area contributed by atoms with Crippen molar-refractivity contribution >= 4 is 17.2 Å². The minimum atomic E-state index is -1.88. The summed E-state index contributed by atoms with van der Waals surface area (Å²) >= 11 is 1.40. The Labute approximate surface area is 199 Å². The van der Waals surface area contributed by atoms with Gasteiger partial charge in [0.1, 0.15) is 29.9 Å². The Morgan fingerprint density at radius 1 is 1.18 bits per heavy atom. The molecule has 34 heavy (non-hydrogen) atoms. The van der Waals surface area contributed by atoms with Crippen molar-refractivity contribution in [1.82, 2.24) is 19.7 Å². The van der Waals surface area contributed by atoms with Crippen molar-refractivity contribution in [2.75, 3.05) is 0 Å². The Morgan fingerprint density at radius 3 is 2.59 bits per heavy atom. The van der Waals surface area contributed by atoms with Crippen LogP contribution >= 0.6 is 11.3 Å². The molecule has 0 saturated carbocycles. The summed E-state index contributed by atoms with van der Waals surface area (Å²) in [5.74, 6) is -1.87. The monoisotopic (exact) mass is 480 g/mol. The van der Waals surface area contributed by atoms with Crippen molar-refractivity contribution in [2.45, 2.75) is 38.6 Å². The number of thiophene rings is 1. The van der Waals surface area contributed by atoms with E-state index in [2.05, 4.69) is 10.1 Å². The Bertz CT molecular complexity index is 1350. The fourth-order valence-corrected chi connectivity index (χ4v) is 5.52. The number of hydrogen-bond acceptors (Lipinski definition) is 5. The molecule has 1 amide bonds. The minimum Gasteiger partial charge on any atom is -0.381 e. The number of amides is 1. The fourth-order valence-electron chi connectivity index (χ4n) is 4.39. The van der Waals surface area contributed by atoms with Gasteiger partial charge in [0, 0.05) is 23.1 Å². The first-order chi connectivity index (χ1) is 16.3. The van der Waals surface area contributed by atoms with Crippen LogP contribution in [0.3, 0.4) is 0 Å². The molecule has 174 valence electrons. The van der Waals surface area contributed by atoms with Crippen LogP contribution in [0.5, 0.6) is 0 Å². The summed E-state index contributed by atoms with van der Waals surface area (Å²) < 4.78 is 29.8. The van der Waals surface area contributed by atoms with E-state index in [1.54, 1.807) is 6.92 Å². The number of nitrogens with zero attached hydrogens (tertiary/aromatic N) is 4. The number of aryl methyl sites for hydroxylation is 1. The fraction of sp³-hybridized carbons (Fsp3) is 0.240. The van der Waals surface area contributed by atoms with Crippen LogP contribution in [0.4, 0.5) is 8.78 Å². The quantitative estimate of drug-likeness (QED) is 0.440. The first-order valence-corrected chi connectivity index (χ1v) is 11.6. The largest absolute Gasteiger partial charge is 0.381 e. The number of benzene rings is 2. The third-order valence-corrected chi connectivity index (χ3v) is 7.58. The number of halogens is 2. The van der Waals surface area contributed by atoms with Crippen LogP contribution in [0.15, 0.2) is 61.2 Å². The number of carbonyl (C=O) groups excluding carboxylic acids is 1. The highest BCUT2D eigenvalue weighted by atomic mass is 32.1. The summed E-state index contributed by atoms with van der Waals surface area (Å²) in [5, 5.41) is 15.8. The van der Waals surface area contributed by atoms with Crippen molar-refractivity contribution in [3.8, 4) is 10.4 Å². The van der Waals surface area contributed by atoms with Gasteiger partial charge >= 0.3 is 0 Å². The molecule has 0 saturated heterocycles. The number of fused-ring (bicyclic) bond motifs is 1. The third kappa shape index (κ3) is 3.80. The Balaban J connectivity index is 1.48. The van der Waals surface area contributed by atoms with E-state index in [1.165, 1.54) is 39.6 Å². The molecule has 1 aliphatic heterocycles. The molecule has 0 spiro atoms. The van der Waals surface area contributed by atoms with E-state index in [0.29, 0.717) is 4.88 Å². The number of aromatic nitrogens is 3. The number of carbonyl (C=O) groups is 1. The maximum atomic E-state index is 14.8. The predicted octanol–water partition coefficient (Wildman–Crippen LogP) is 4.53. The molecule has 2 aromatic heterocycles. The molecule has 4 aromatic rings. The van der Waals surface area contributed by atoms with Gasteiger partial charge in [-0.25, -0.2) is 18.4 Å². The molecule has 5 rings (SSSR count). The average Bonchev–Trinajstić information content (AvgIpc) is 3.52. The van der Waals surface area contributed by atoms with Gasteiger partial charge < -0.3 is 10.0 Å². The number of aliphatic hydroxyl groups is 1. The van der Waals surface area contributed by atoms with E-state index in [9.17, 15) is 18.7 Å². The lowest BCUT2D eigenvalue weighted by atomic mass is 9.85. The zero-order valence-corrected chi connectivity index (χ0v) is 19.4. The van der Waals surface area contributed by atoms with E-state index >= 15 is 0 Å². The van der Waals surface area contributed by atoms with Gasteiger partial charge in [-0.2, -0.15) is 5.10 Å². The average molecular weight is 481 g/mol. The summed E-state index contributed by atoms with van der Waals surface area (Å²) in [5.41, 5.74) is 1.06. The summed E-state index contributed by atoms with van der Waals surface area (Å²) in [4.78, 5) is 20.4. The summed E-state index contributed by atoms with van der Waals surface area (Å²) in [6.45, 7) is 3.80. The standard InChI is InChI=1S/C25H22F2N4O2S/c1-15-3-5-17(6-4-15)22-9-18-11-31(24(32)23(18)34-22)16(2)25(33,12-30-14-28-13-29-30)20-8-7-19(26)10-21(20)27/h3-10,13-14,16,33H,11-12H2,1-2H3/t16-,25-/m1/s1. The van der Waals surface area contributed by atoms with E-state index < -0.39 is 23.3 Å². The molecule has 6 nitrogen and oxygen atoms in total. The highest BCUT2D eigenvalue weighted by Crippen LogP contribution is 2.41.